The Labute approximate surface area is 115 Å². The van der Waals surface area contributed by atoms with Gasteiger partial charge in [0.25, 0.3) is 0 Å². The lowest BCUT2D eigenvalue weighted by Crippen LogP contribution is -2.39. The Bertz CT molecular complexity index is 441. The van der Waals surface area contributed by atoms with Gasteiger partial charge >= 0.3 is 0 Å². The largest absolute Gasteiger partial charge is 0.399 e. The van der Waals surface area contributed by atoms with Gasteiger partial charge < -0.3 is 11.1 Å². The molecule has 2 rings (SSSR count). The molecule has 1 aliphatic rings. The van der Waals surface area contributed by atoms with Crippen LogP contribution in [0.2, 0.25) is 0 Å². The number of hydrogen-bond donors (Lipinski definition) is 2. The minimum atomic E-state index is 0.0277. The zero-order valence-electron chi connectivity index (χ0n) is 11.7. The molecule has 1 fully saturated rings. The molecular formula is C15H23N3O. The molecule has 0 radical (unpaired) electrons. The van der Waals surface area contributed by atoms with Crippen LogP contribution in [0.3, 0.4) is 0 Å². The van der Waals surface area contributed by atoms with E-state index in [1.54, 1.807) is 6.07 Å². The van der Waals surface area contributed by atoms with Gasteiger partial charge in [-0.3, -0.25) is 9.69 Å². The molecule has 0 bridgehead atoms. The SMILES string of the molecule is CC(C)N(CC(=O)Nc1cccc(N)c1)CC1CC1. The van der Waals surface area contributed by atoms with Gasteiger partial charge in [0, 0.05) is 24.0 Å². The number of nitrogen functional groups attached to an aromatic ring is 1. The second-order valence-corrected chi connectivity index (χ2v) is 5.64. The molecule has 19 heavy (non-hydrogen) atoms. The average molecular weight is 261 g/mol. The molecule has 0 saturated heterocycles. The lowest BCUT2D eigenvalue weighted by molar-refractivity contribution is -0.117. The number of nitrogens with one attached hydrogen (secondary N) is 1. The molecule has 0 unspecified atom stereocenters. The summed E-state index contributed by atoms with van der Waals surface area (Å²) in [5.74, 6) is 0.822. The first-order chi connectivity index (χ1) is 9.04. The van der Waals surface area contributed by atoms with Crippen LogP contribution in [-0.2, 0) is 4.79 Å². The minimum Gasteiger partial charge on any atom is -0.399 e. The molecule has 1 saturated carbocycles. The number of nitrogens with two attached hydrogens (primary N) is 1. The third-order valence-electron chi connectivity index (χ3n) is 3.44. The normalized spacial score (nSPS) is 14.9. The predicted octanol–water partition coefficient (Wildman–Crippen LogP) is 2.33. The summed E-state index contributed by atoms with van der Waals surface area (Å²) in [5.41, 5.74) is 7.12. The van der Waals surface area contributed by atoms with Gasteiger partial charge in [-0.2, -0.15) is 0 Å². The monoisotopic (exact) mass is 261 g/mol. The standard InChI is InChI=1S/C15H23N3O/c1-11(2)18(9-12-6-7-12)10-15(19)17-14-5-3-4-13(16)8-14/h3-5,8,11-12H,6-7,9-10,16H2,1-2H3,(H,17,19). The van der Waals surface area contributed by atoms with E-state index in [0.717, 1.165) is 18.2 Å². The van der Waals surface area contributed by atoms with Crippen molar-refractivity contribution in [1.82, 2.24) is 4.90 Å². The molecule has 1 aliphatic carbocycles. The zero-order chi connectivity index (χ0) is 13.8. The summed E-state index contributed by atoms with van der Waals surface area (Å²) < 4.78 is 0. The van der Waals surface area contributed by atoms with E-state index in [-0.39, 0.29) is 5.91 Å². The molecule has 1 amide bonds. The van der Waals surface area contributed by atoms with Gasteiger partial charge in [-0.25, -0.2) is 0 Å². The Hall–Kier alpha value is -1.55. The van der Waals surface area contributed by atoms with Crippen LogP contribution < -0.4 is 11.1 Å². The maximum absolute atomic E-state index is 12.0. The number of benzene rings is 1. The fraction of sp³-hybridized carbons (Fsp3) is 0.533. The Kier molecular flexibility index (Phi) is 4.43. The van der Waals surface area contributed by atoms with Crippen molar-refractivity contribution in [3.63, 3.8) is 0 Å². The summed E-state index contributed by atoms with van der Waals surface area (Å²) in [4.78, 5) is 14.3. The lowest BCUT2D eigenvalue weighted by atomic mass is 10.2. The molecule has 4 heteroatoms. The van der Waals surface area contributed by atoms with Crippen molar-refractivity contribution in [1.29, 1.82) is 0 Å². The molecule has 0 aromatic heterocycles. The van der Waals surface area contributed by atoms with E-state index in [2.05, 4.69) is 24.1 Å². The molecule has 0 atom stereocenters. The highest BCUT2D eigenvalue weighted by Gasteiger charge is 2.26. The molecule has 3 N–H and O–H groups in total. The second kappa shape index (κ2) is 6.06. The molecule has 104 valence electrons. The molecule has 0 aliphatic heterocycles. The third kappa shape index (κ3) is 4.56. The van der Waals surface area contributed by atoms with E-state index in [4.69, 9.17) is 5.73 Å². The van der Waals surface area contributed by atoms with Gasteiger partial charge in [0.15, 0.2) is 0 Å². The Morgan fingerprint density at radius 2 is 2.21 bits per heavy atom. The van der Waals surface area contributed by atoms with Gasteiger partial charge in [-0.1, -0.05) is 6.07 Å². The van der Waals surface area contributed by atoms with Gasteiger partial charge in [0.1, 0.15) is 0 Å². The van der Waals surface area contributed by atoms with Crippen LogP contribution in [0.1, 0.15) is 26.7 Å². The zero-order valence-corrected chi connectivity index (χ0v) is 11.7. The quantitative estimate of drug-likeness (QED) is 0.773. The van der Waals surface area contributed by atoms with E-state index < -0.39 is 0 Å². The van der Waals surface area contributed by atoms with Crippen molar-refractivity contribution in [2.45, 2.75) is 32.7 Å². The third-order valence-corrected chi connectivity index (χ3v) is 3.44. The highest BCUT2D eigenvalue weighted by atomic mass is 16.2. The fourth-order valence-electron chi connectivity index (χ4n) is 2.09. The maximum Gasteiger partial charge on any atom is 0.238 e. The van der Waals surface area contributed by atoms with Crippen molar-refractivity contribution in [2.75, 3.05) is 24.1 Å². The lowest BCUT2D eigenvalue weighted by Gasteiger charge is -2.25. The summed E-state index contributed by atoms with van der Waals surface area (Å²) in [7, 11) is 0. The Morgan fingerprint density at radius 1 is 1.47 bits per heavy atom. The molecule has 4 nitrogen and oxygen atoms in total. The molecule has 1 aromatic rings. The Balaban J connectivity index is 1.87. The van der Waals surface area contributed by atoms with Gasteiger partial charge in [0.2, 0.25) is 5.91 Å². The van der Waals surface area contributed by atoms with Crippen LogP contribution in [-0.4, -0.2) is 29.9 Å². The number of carbonyl (C=O) groups is 1. The summed E-state index contributed by atoms with van der Waals surface area (Å²) in [6.45, 7) is 5.75. The number of carbonyl (C=O) groups excluding carboxylic acids is 1. The van der Waals surface area contributed by atoms with Crippen molar-refractivity contribution in [3.05, 3.63) is 24.3 Å². The molecule has 0 heterocycles. The smallest absolute Gasteiger partial charge is 0.238 e. The maximum atomic E-state index is 12.0. The number of amides is 1. The molecule has 1 aromatic carbocycles. The second-order valence-electron chi connectivity index (χ2n) is 5.64. The van der Waals surface area contributed by atoms with Gasteiger partial charge in [-0.05, 0) is 50.8 Å². The van der Waals surface area contributed by atoms with Crippen LogP contribution in [0.5, 0.6) is 0 Å². The van der Waals surface area contributed by atoms with Crippen LogP contribution in [0.4, 0.5) is 11.4 Å². The minimum absolute atomic E-state index is 0.0277. The van der Waals surface area contributed by atoms with E-state index in [1.165, 1.54) is 12.8 Å². The number of anilines is 2. The fourth-order valence-corrected chi connectivity index (χ4v) is 2.09. The molecular weight excluding hydrogens is 238 g/mol. The highest BCUT2D eigenvalue weighted by molar-refractivity contribution is 5.92. The predicted molar refractivity (Wildman–Crippen MR) is 78.9 cm³/mol. The first kappa shape index (κ1) is 13.9. The topological polar surface area (TPSA) is 58.4 Å². The van der Waals surface area contributed by atoms with Crippen LogP contribution in [0.25, 0.3) is 0 Å². The van der Waals surface area contributed by atoms with Crippen molar-refractivity contribution in [3.8, 4) is 0 Å². The van der Waals surface area contributed by atoms with E-state index >= 15 is 0 Å². The van der Waals surface area contributed by atoms with Crippen molar-refractivity contribution < 1.29 is 4.79 Å². The van der Waals surface area contributed by atoms with Gasteiger partial charge in [0.05, 0.1) is 6.54 Å². The summed E-state index contributed by atoms with van der Waals surface area (Å²) >= 11 is 0. The molecule has 0 spiro atoms. The van der Waals surface area contributed by atoms with E-state index in [0.29, 0.717) is 18.3 Å². The van der Waals surface area contributed by atoms with Crippen LogP contribution in [0, 0.1) is 5.92 Å². The number of nitrogens with zero attached hydrogens (tertiary/aromatic N) is 1. The van der Waals surface area contributed by atoms with E-state index in [9.17, 15) is 4.79 Å². The van der Waals surface area contributed by atoms with Crippen LogP contribution >= 0.6 is 0 Å². The average Bonchev–Trinajstić information content (AvgIpc) is 3.11. The summed E-state index contributed by atoms with van der Waals surface area (Å²) in [6.07, 6.45) is 2.61. The van der Waals surface area contributed by atoms with Gasteiger partial charge in [-0.15, -0.1) is 0 Å². The summed E-state index contributed by atoms with van der Waals surface area (Å²) in [6, 6.07) is 7.68. The number of rotatable bonds is 6. The van der Waals surface area contributed by atoms with E-state index in [1.807, 2.05) is 18.2 Å². The highest BCUT2D eigenvalue weighted by Crippen LogP contribution is 2.30. The van der Waals surface area contributed by atoms with Crippen LogP contribution in [0.15, 0.2) is 24.3 Å². The Morgan fingerprint density at radius 3 is 2.79 bits per heavy atom. The first-order valence-electron chi connectivity index (χ1n) is 6.94. The number of hydrogen-bond acceptors (Lipinski definition) is 3. The van der Waals surface area contributed by atoms with Crippen molar-refractivity contribution >= 4 is 17.3 Å². The van der Waals surface area contributed by atoms with Crippen molar-refractivity contribution in [2.24, 2.45) is 5.92 Å². The summed E-state index contributed by atoms with van der Waals surface area (Å²) in [5, 5.41) is 2.90. The first-order valence-corrected chi connectivity index (χ1v) is 6.94.